The SMILES string of the molecule is CCN(CC1CCOC1)S(=O)(=O)c1ccc(CC(=O)O)s1. The second-order valence-corrected chi connectivity index (χ2v) is 8.31. The predicted octanol–water partition coefficient (Wildman–Crippen LogP) is 1.42. The summed E-state index contributed by atoms with van der Waals surface area (Å²) in [6.45, 7) is 3.93. The molecule has 1 N–H and O–H groups in total. The van der Waals surface area contributed by atoms with Crippen molar-refractivity contribution in [3.05, 3.63) is 17.0 Å². The minimum absolute atomic E-state index is 0.150. The fourth-order valence-electron chi connectivity index (χ4n) is 2.28. The van der Waals surface area contributed by atoms with E-state index in [4.69, 9.17) is 9.84 Å². The molecule has 6 nitrogen and oxygen atoms in total. The van der Waals surface area contributed by atoms with Crippen molar-refractivity contribution in [1.29, 1.82) is 0 Å². The average Bonchev–Trinajstić information content (AvgIpc) is 3.06. The standard InChI is InChI=1S/C13H19NO5S2/c1-2-14(8-10-5-6-19-9-10)21(17,18)13-4-3-11(20-13)7-12(15)16/h3-4,10H,2,5-9H2,1H3,(H,15,16). The number of sulfonamides is 1. The van der Waals surface area contributed by atoms with E-state index in [1.807, 2.05) is 0 Å². The molecule has 1 aliphatic heterocycles. The van der Waals surface area contributed by atoms with E-state index in [1.54, 1.807) is 13.0 Å². The number of ether oxygens (including phenoxy) is 1. The van der Waals surface area contributed by atoms with Gasteiger partial charge in [0, 0.05) is 24.6 Å². The van der Waals surface area contributed by atoms with Gasteiger partial charge >= 0.3 is 5.97 Å². The lowest BCUT2D eigenvalue weighted by Crippen LogP contribution is -2.35. The molecule has 0 aliphatic carbocycles. The second-order valence-electron chi connectivity index (χ2n) is 4.98. The Kier molecular flexibility index (Phi) is 5.37. The first-order valence-electron chi connectivity index (χ1n) is 6.82. The van der Waals surface area contributed by atoms with Crippen LogP contribution in [0.1, 0.15) is 18.2 Å². The summed E-state index contributed by atoms with van der Waals surface area (Å²) in [5, 5.41) is 8.76. The van der Waals surface area contributed by atoms with Crippen molar-refractivity contribution in [2.24, 2.45) is 5.92 Å². The van der Waals surface area contributed by atoms with E-state index in [-0.39, 0.29) is 16.5 Å². The van der Waals surface area contributed by atoms with Crippen LogP contribution in [-0.2, 0) is 26.0 Å². The van der Waals surface area contributed by atoms with Crippen LogP contribution in [0.4, 0.5) is 0 Å². The first-order valence-corrected chi connectivity index (χ1v) is 9.07. The highest BCUT2D eigenvalue weighted by atomic mass is 32.2. The quantitative estimate of drug-likeness (QED) is 0.816. The van der Waals surface area contributed by atoms with Gasteiger partial charge in [0.25, 0.3) is 10.0 Å². The van der Waals surface area contributed by atoms with E-state index < -0.39 is 16.0 Å². The second kappa shape index (κ2) is 6.87. The number of rotatable bonds is 7. The summed E-state index contributed by atoms with van der Waals surface area (Å²) in [5.74, 6) is -0.727. The molecule has 0 saturated carbocycles. The summed E-state index contributed by atoms with van der Waals surface area (Å²) in [5.41, 5.74) is 0. The topological polar surface area (TPSA) is 83.9 Å². The Balaban J connectivity index is 2.13. The normalized spacial score (nSPS) is 19.2. The number of hydrogen-bond donors (Lipinski definition) is 1. The maximum atomic E-state index is 12.6. The minimum atomic E-state index is -3.55. The van der Waals surface area contributed by atoms with E-state index in [9.17, 15) is 13.2 Å². The number of aliphatic carboxylic acids is 1. The Labute approximate surface area is 128 Å². The fraction of sp³-hybridized carbons (Fsp3) is 0.615. The molecule has 1 aliphatic rings. The number of carboxylic acids is 1. The van der Waals surface area contributed by atoms with E-state index in [0.717, 1.165) is 17.8 Å². The largest absolute Gasteiger partial charge is 0.481 e. The van der Waals surface area contributed by atoms with Crippen molar-refractivity contribution in [3.8, 4) is 0 Å². The molecule has 0 aromatic carbocycles. The molecule has 21 heavy (non-hydrogen) atoms. The molecule has 1 aromatic rings. The number of carboxylic acid groups (broad SMARTS) is 1. The van der Waals surface area contributed by atoms with Crippen LogP contribution in [0.25, 0.3) is 0 Å². The van der Waals surface area contributed by atoms with Gasteiger partial charge in [-0.3, -0.25) is 4.79 Å². The van der Waals surface area contributed by atoms with Gasteiger partial charge in [0.05, 0.1) is 13.0 Å². The molecule has 118 valence electrons. The van der Waals surface area contributed by atoms with Crippen LogP contribution in [0.5, 0.6) is 0 Å². The van der Waals surface area contributed by atoms with E-state index >= 15 is 0 Å². The van der Waals surface area contributed by atoms with Crippen LogP contribution in [0.2, 0.25) is 0 Å². The molecule has 1 fully saturated rings. The molecule has 1 unspecified atom stereocenters. The zero-order valence-corrected chi connectivity index (χ0v) is 13.5. The van der Waals surface area contributed by atoms with Gasteiger partial charge in [-0.05, 0) is 24.5 Å². The van der Waals surface area contributed by atoms with Gasteiger partial charge in [-0.1, -0.05) is 6.92 Å². The molecule has 0 amide bonds. The third-order valence-corrected chi connectivity index (χ3v) is 6.89. The smallest absolute Gasteiger partial charge is 0.308 e. The summed E-state index contributed by atoms with van der Waals surface area (Å²) in [4.78, 5) is 11.2. The fourth-order valence-corrected chi connectivity index (χ4v) is 5.31. The zero-order chi connectivity index (χ0) is 15.5. The Hall–Kier alpha value is -0.960. The van der Waals surface area contributed by atoms with Crippen molar-refractivity contribution in [2.75, 3.05) is 26.3 Å². The summed E-state index contributed by atoms with van der Waals surface area (Å²) >= 11 is 1.03. The third-order valence-electron chi connectivity index (χ3n) is 3.40. The van der Waals surface area contributed by atoms with Crippen LogP contribution in [0.15, 0.2) is 16.3 Å². The molecular weight excluding hydrogens is 314 g/mol. The Morgan fingerprint density at radius 2 is 2.29 bits per heavy atom. The highest BCUT2D eigenvalue weighted by Gasteiger charge is 2.29. The average molecular weight is 333 g/mol. The molecule has 0 spiro atoms. The predicted molar refractivity (Wildman–Crippen MR) is 79.0 cm³/mol. The van der Waals surface area contributed by atoms with Gasteiger partial charge in [-0.2, -0.15) is 4.31 Å². The molecule has 1 aromatic heterocycles. The summed E-state index contributed by atoms with van der Waals surface area (Å²) in [6.07, 6.45) is 0.726. The molecule has 8 heteroatoms. The van der Waals surface area contributed by atoms with Crippen LogP contribution in [-0.4, -0.2) is 50.1 Å². The number of hydrogen-bond acceptors (Lipinski definition) is 5. The lowest BCUT2D eigenvalue weighted by atomic mass is 10.1. The highest BCUT2D eigenvalue weighted by Crippen LogP contribution is 2.27. The van der Waals surface area contributed by atoms with Gasteiger partial charge < -0.3 is 9.84 Å². The van der Waals surface area contributed by atoms with Crippen LogP contribution in [0.3, 0.4) is 0 Å². The first-order chi connectivity index (χ1) is 9.93. The summed E-state index contributed by atoms with van der Waals surface area (Å²) in [6, 6.07) is 3.06. The van der Waals surface area contributed by atoms with Gasteiger partial charge in [-0.25, -0.2) is 8.42 Å². The third kappa shape index (κ3) is 4.03. The maximum Gasteiger partial charge on any atom is 0.308 e. The monoisotopic (exact) mass is 333 g/mol. The number of thiophene rings is 1. The molecular formula is C13H19NO5S2. The lowest BCUT2D eigenvalue weighted by molar-refractivity contribution is -0.136. The van der Waals surface area contributed by atoms with Gasteiger partial charge in [-0.15, -0.1) is 11.3 Å². The molecule has 2 heterocycles. The number of carbonyl (C=O) groups is 1. The van der Waals surface area contributed by atoms with E-state index in [2.05, 4.69) is 0 Å². The van der Waals surface area contributed by atoms with Crippen LogP contribution in [0, 0.1) is 5.92 Å². The molecule has 0 bridgehead atoms. The van der Waals surface area contributed by atoms with Crippen molar-refractivity contribution < 1.29 is 23.1 Å². The maximum absolute atomic E-state index is 12.6. The highest BCUT2D eigenvalue weighted by molar-refractivity contribution is 7.91. The van der Waals surface area contributed by atoms with Crippen molar-refractivity contribution in [3.63, 3.8) is 0 Å². The van der Waals surface area contributed by atoms with Crippen molar-refractivity contribution >= 4 is 27.3 Å². The summed E-state index contributed by atoms with van der Waals surface area (Å²) < 4.78 is 32.1. The van der Waals surface area contributed by atoms with Crippen LogP contribution < -0.4 is 0 Å². The van der Waals surface area contributed by atoms with Crippen molar-refractivity contribution in [2.45, 2.75) is 24.0 Å². The van der Waals surface area contributed by atoms with E-state index in [1.165, 1.54) is 10.4 Å². The molecule has 0 radical (unpaired) electrons. The summed E-state index contributed by atoms with van der Waals surface area (Å²) in [7, 11) is -3.55. The Morgan fingerprint density at radius 1 is 1.52 bits per heavy atom. The first kappa shape index (κ1) is 16.4. The van der Waals surface area contributed by atoms with Crippen LogP contribution >= 0.6 is 11.3 Å². The lowest BCUT2D eigenvalue weighted by Gasteiger charge is -2.22. The molecule has 2 rings (SSSR count). The minimum Gasteiger partial charge on any atom is -0.481 e. The van der Waals surface area contributed by atoms with E-state index in [0.29, 0.717) is 31.2 Å². The van der Waals surface area contributed by atoms with Crippen molar-refractivity contribution in [1.82, 2.24) is 4.31 Å². The molecule has 1 atom stereocenters. The zero-order valence-electron chi connectivity index (χ0n) is 11.8. The number of nitrogens with zero attached hydrogens (tertiary/aromatic N) is 1. The van der Waals surface area contributed by atoms with Gasteiger partial charge in [0.15, 0.2) is 0 Å². The Morgan fingerprint density at radius 3 is 2.86 bits per heavy atom. The van der Waals surface area contributed by atoms with Gasteiger partial charge in [0.1, 0.15) is 4.21 Å². The molecule has 1 saturated heterocycles. The van der Waals surface area contributed by atoms with Gasteiger partial charge in [0.2, 0.25) is 0 Å². The Bertz CT molecular complexity index is 589.